The second-order valence-corrected chi connectivity index (χ2v) is 7.42. The van der Waals surface area contributed by atoms with Gasteiger partial charge in [0, 0.05) is 38.3 Å². The summed E-state index contributed by atoms with van der Waals surface area (Å²) in [6, 6.07) is 3.00. The lowest BCUT2D eigenvalue weighted by atomic mass is 9.94. The fourth-order valence-corrected chi connectivity index (χ4v) is 3.75. The van der Waals surface area contributed by atoms with Crippen molar-refractivity contribution in [1.82, 2.24) is 20.4 Å². The average molecular weight is 346 g/mol. The first-order chi connectivity index (χ1) is 11.7. The van der Waals surface area contributed by atoms with Crippen LogP contribution in [0.4, 0.5) is 0 Å². The molecule has 5 nitrogen and oxygen atoms in total. The Morgan fingerprint density at radius 3 is 3.08 bits per heavy atom. The third-order valence-electron chi connectivity index (χ3n) is 4.48. The molecule has 0 saturated heterocycles. The van der Waals surface area contributed by atoms with E-state index in [9.17, 15) is 0 Å². The van der Waals surface area contributed by atoms with Crippen LogP contribution in [-0.4, -0.2) is 35.4 Å². The van der Waals surface area contributed by atoms with Gasteiger partial charge in [-0.1, -0.05) is 0 Å². The Morgan fingerprint density at radius 1 is 1.50 bits per heavy atom. The molecule has 0 amide bonds. The minimum absolute atomic E-state index is 0.403. The van der Waals surface area contributed by atoms with Crippen LogP contribution in [0.1, 0.15) is 43.1 Å². The number of aromatic nitrogens is 2. The van der Waals surface area contributed by atoms with Gasteiger partial charge in [-0.2, -0.15) is 16.4 Å². The quantitative estimate of drug-likeness (QED) is 0.647. The zero-order valence-corrected chi connectivity index (χ0v) is 15.6. The molecule has 1 unspecified atom stereocenters. The fourth-order valence-electron chi connectivity index (χ4n) is 3.05. The van der Waals surface area contributed by atoms with E-state index in [0.29, 0.717) is 12.1 Å². The number of hydrogen-bond acceptors (Lipinski definition) is 3. The number of fused-ring (bicyclic) bond motifs is 1. The Balaban J connectivity index is 1.51. The molecule has 0 fully saturated rings. The molecule has 0 saturated carbocycles. The smallest absolute Gasteiger partial charge is 0.191 e. The Hall–Kier alpha value is -1.82. The normalized spacial score (nSPS) is 17.8. The summed E-state index contributed by atoms with van der Waals surface area (Å²) in [4.78, 5) is 4.36. The highest BCUT2D eigenvalue weighted by molar-refractivity contribution is 7.07. The van der Waals surface area contributed by atoms with Crippen LogP contribution in [0.3, 0.4) is 0 Å². The van der Waals surface area contributed by atoms with Gasteiger partial charge in [0.05, 0.1) is 5.69 Å². The minimum Gasteiger partial charge on any atom is -0.356 e. The van der Waals surface area contributed by atoms with E-state index in [4.69, 9.17) is 5.10 Å². The van der Waals surface area contributed by atoms with Crippen molar-refractivity contribution in [3.05, 3.63) is 39.8 Å². The van der Waals surface area contributed by atoms with Crippen LogP contribution in [0.2, 0.25) is 0 Å². The lowest BCUT2D eigenvalue weighted by molar-refractivity contribution is 0.499. The van der Waals surface area contributed by atoms with Crippen LogP contribution in [0.5, 0.6) is 0 Å². The zero-order chi connectivity index (χ0) is 16.9. The lowest BCUT2D eigenvalue weighted by Gasteiger charge is -2.24. The first kappa shape index (κ1) is 17.0. The zero-order valence-electron chi connectivity index (χ0n) is 14.7. The SMILES string of the molecule is CN=C(NCCc1ccsc1)NC1CCc2cn(C(C)C)nc2C1. The predicted molar refractivity (Wildman–Crippen MR) is 101 cm³/mol. The molecule has 0 aliphatic heterocycles. The Morgan fingerprint density at radius 2 is 2.38 bits per heavy atom. The second-order valence-electron chi connectivity index (χ2n) is 6.64. The topological polar surface area (TPSA) is 54.2 Å². The molecule has 6 heteroatoms. The summed E-state index contributed by atoms with van der Waals surface area (Å²) >= 11 is 1.75. The van der Waals surface area contributed by atoms with E-state index in [1.807, 2.05) is 7.05 Å². The largest absolute Gasteiger partial charge is 0.356 e. The minimum atomic E-state index is 0.403. The molecule has 130 valence electrons. The van der Waals surface area contributed by atoms with Crippen molar-refractivity contribution in [3.8, 4) is 0 Å². The summed E-state index contributed by atoms with van der Waals surface area (Å²) in [7, 11) is 1.83. The van der Waals surface area contributed by atoms with Crippen LogP contribution < -0.4 is 10.6 Å². The molecule has 0 radical (unpaired) electrons. The number of aliphatic imine (C=N–C) groups is 1. The maximum absolute atomic E-state index is 4.75. The van der Waals surface area contributed by atoms with Gasteiger partial charge in [0.25, 0.3) is 0 Å². The van der Waals surface area contributed by atoms with E-state index in [0.717, 1.165) is 38.2 Å². The van der Waals surface area contributed by atoms with Crippen molar-refractivity contribution in [2.45, 2.75) is 51.6 Å². The second kappa shape index (κ2) is 7.83. The number of rotatable bonds is 5. The Labute approximate surface area is 148 Å². The Bertz CT molecular complexity index is 672. The van der Waals surface area contributed by atoms with Crippen LogP contribution in [0.15, 0.2) is 28.0 Å². The molecule has 0 spiro atoms. The summed E-state index contributed by atoms with van der Waals surface area (Å²) < 4.78 is 2.08. The molecule has 2 aromatic rings. The maximum atomic E-state index is 4.75. The molecule has 1 aliphatic rings. The molecule has 2 aromatic heterocycles. The van der Waals surface area contributed by atoms with E-state index >= 15 is 0 Å². The van der Waals surface area contributed by atoms with Gasteiger partial charge in [0.1, 0.15) is 0 Å². The van der Waals surface area contributed by atoms with E-state index < -0.39 is 0 Å². The summed E-state index contributed by atoms with van der Waals surface area (Å²) in [5, 5.41) is 16.0. The van der Waals surface area contributed by atoms with Gasteiger partial charge in [-0.25, -0.2) is 0 Å². The fraction of sp³-hybridized carbons (Fsp3) is 0.556. The van der Waals surface area contributed by atoms with Crippen molar-refractivity contribution in [1.29, 1.82) is 0 Å². The van der Waals surface area contributed by atoms with Gasteiger partial charge >= 0.3 is 0 Å². The number of nitrogens with zero attached hydrogens (tertiary/aromatic N) is 3. The highest BCUT2D eigenvalue weighted by atomic mass is 32.1. The van der Waals surface area contributed by atoms with E-state index in [-0.39, 0.29) is 0 Å². The third kappa shape index (κ3) is 4.17. The summed E-state index contributed by atoms with van der Waals surface area (Å²) in [6.45, 7) is 5.25. The summed E-state index contributed by atoms with van der Waals surface area (Å²) in [6.07, 6.45) is 6.43. The molecule has 2 N–H and O–H groups in total. The number of thiophene rings is 1. The van der Waals surface area contributed by atoms with Gasteiger partial charge in [0.15, 0.2) is 5.96 Å². The van der Waals surface area contributed by atoms with Gasteiger partial charge in [-0.3, -0.25) is 9.67 Å². The number of hydrogen-bond donors (Lipinski definition) is 2. The maximum Gasteiger partial charge on any atom is 0.191 e. The highest BCUT2D eigenvalue weighted by Crippen LogP contribution is 2.21. The van der Waals surface area contributed by atoms with Crippen LogP contribution in [0, 0.1) is 0 Å². The van der Waals surface area contributed by atoms with E-state index in [1.54, 1.807) is 11.3 Å². The molecular weight excluding hydrogens is 318 g/mol. The molecule has 0 bridgehead atoms. The van der Waals surface area contributed by atoms with Gasteiger partial charge in [-0.15, -0.1) is 0 Å². The van der Waals surface area contributed by atoms with E-state index in [1.165, 1.54) is 16.8 Å². The standard InChI is InChI=1S/C18H27N5S/c1-13(2)23-11-15-4-5-16(10-17(15)22-23)21-18(19-3)20-8-6-14-7-9-24-12-14/h7,9,11-13,16H,4-6,8,10H2,1-3H3,(H2,19,20,21). The summed E-state index contributed by atoms with van der Waals surface area (Å²) in [5.74, 6) is 0.891. The lowest BCUT2D eigenvalue weighted by Crippen LogP contribution is -2.46. The monoisotopic (exact) mass is 345 g/mol. The number of nitrogens with one attached hydrogen (secondary N) is 2. The average Bonchev–Trinajstić information content (AvgIpc) is 3.22. The van der Waals surface area contributed by atoms with Gasteiger partial charge in [0.2, 0.25) is 0 Å². The van der Waals surface area contributed by atoms with Crippen LogP contribution in [-0.2, 0) is 19.3 Å². The molecule has 3 rings (SSSR count). The third-order valence-corrected chi connectivity index (χ3v) is 5.21. The first-order valence-corrected chi connectivity index (χ1v) is 9.65. The highest BCUT2D eigenvalue weighted by Gasteiger charge is 2.22. The van der Waals surface area contributed by atoms with Crippen molar-refractivity contribution in [3.63, 3.8) is 0 Å². The molecule has 24 heavy (non-hydrogen) atoms. The first-order valence-electron chi connectivity index (χ1n) is 8.71. The van der Waals surface area contributed by atoms with Crippen LogP contribution >= 0.6 is 11.3 Å². The molecular formula is C18H27N5S. The molecule has 1 atom stereocenters. The number of aryl methyl sites for hydroxylation is 1. The van der Waals surface area contributed by atoms with Crippen molar-refractivity contribution < 1.29 is 0 Å². The van der Waals surface area contributed by atoms with Gasteiger partial charge in [-0.05, 0) is 61.1 Å². The van der Waals surface area contributed by atoms with Crippen molar-refractivity contribution >= 4 is 17.3 Å². The van der Waals surface area contributed by atoms with Crippen LogP contribution in [0.25, 0.3) is 0 Å². The molecule has 0 aromatic carbocycles. The van der Waals surface area contributed by atoms with Crippen molar-refractivity contribution in [2.24, 2.45) is 4.99 Å². The molecule has 1 aliphatic carbocycles. The molecule has 2 heterocycles. The van der Waals surface area contributed by atoms with Crippen molar-refractivity contribution in [2.75, 3.05) is 13.6 Å². The summed E-state index contributed by atoms with van der Waals surface area (Å²) in [5.41, 5.74) is 4.02. The predicted octanol–water partition coefficient (Wildman–Crippen LogP) is 2.79. The van der Waals surface area contributed by atoms with E-state index in [2.05, 4.69) is 57.2 Å². The Kier molecular flexibility index (Phi) is 5.56. The number of guanidine groups is 1. The van der Waals surface area contributed by atoms with Gasteiger partial charge < -0.3 is 10.6 Å².